The number of carbonyl (C=O) groups is 2. The first kappa shape index (κ1) is 24.9. The van der Waals surface area contributed by atoms with Gasteiger partial charge in [-0.25, -0.2) is 14.2 Å². The number of para-hydroxylation sites is 2. The largest absolute Gasteiger partial charge is 0.492 e. The molecule has 1 aromatic heterocycles. The van der Waals surface area contributed by atoms with Crippen molar-refractivity contribution >= 4 is 17.7 Å². The lowest BCUT2D eigenvalue weighted by molar-refractivity contribution is -0.116. The molecular weight excluding hydrogens is 467 g/mol. The molecule has 0 bridgehead atoms. The summed E-state index contributed by atoms with van der Waals surface area (Å²) in [6.07, 6.45) is -0.205. The average Bonchev–Trinajstić information content (AvgIpc) is 2.87. The van der Waals surface area contributed by atoms with Gasteiger partial charge in [-0.3, -0.25) is 14.2 Å². The monoisotopic (exact) mass is 494 g/mol. The van der Waals surface area contributed by atoms with Crippen molar-refractivity contribution in [2.75, 3.05) is 25.1 Å². The highest BCUT2D eigenvalue weighted by Gasteiger charge is 2.27. The predicted molar refractivity (Wildman–Crippen MR) is 131 cm³/mol. The topological polar surface area (TPSA) is 103 Å². The van der Waals surface area contributed by atoms with E-state index in [4.69, 9.17) is 9.47 Å². The number of benzene rings is 2. The van der Waals surface area contributed by atoms with Crippen molar-refractivity contribution in [3.8, 4) is 17.1 Å². The van der Waals surface area contributed by atoms with Gasteiger partial charge < -0.3 is 19.7 Å². The SMILES string of the molecule is CCOC(=O)N1CCc2c(nc(-c3ccc(F)cc3)n(CC(=O)Nc3ccccc3OCC)c2=O)C1. The van der Waals surface area contributed by atoms with E-state index in [2.05, 4.69) is 10.3 Å². The van der Waals surface area contributed by atoms with Gasteiger partial charge in [0.15, 0.2) is 0 Å². The highest BCUT2D eigenvalue weighted by Crippen LogP contribution is 2.25. The van der Waals surface area contributed by atoms with Crippen molar-refractivity contribution in [3.05, 3.63) is 76.0 Å². The lowest BCUT2D eigenvalue weighted by atomic mass is 10.1. The van der Waals surface area contributed by atoms with Crippen LogP contribution in [0.1, 0.15) is 25.1 Å². The molecule has 9 nitrogen and oxygen atoms in total. The van der Waals surface area contributed by atoms with Crippen molar-refractivity contribution in [2.24, 2.45) is 0 Å². The highest BCUT2D eigenvalue weighted by molar-refractivity contribution is 5.92. The number of aromatic nitrogens is 2. The van der Waals surface area contributed by atoms with E-state index in [1.165, 1.54) is 33.7 Å². The summed E-state index contributed by atoms with van der Waals surface area (Å²) in [5.41, 5.74) is 1.43. The number of carbonyl (C=O) groups excluding carboxylic acids is 2. The molecule has 0 radical (unpaired) electrons. The van der Waals surface area contributed by atoms with Crippen LogP contribution in [0.4, 0.5) is 14.9 Å². The quantitative estimate of drug-likeness (QED) is 0.539. The fourth-order valence-electron chi connectivity index (χ4n) is 4.05. The molecule has 2 heterocycles. The normalized spacial score (nSPS) is 12.6. The van der Waals surface area contributed by atoms with Crippen LogP contribution in [-0.2, 0) is 29.0 Å². The highest BCUT2D eigenvalue weighted by atomic mass is 19.1. The van der Waals surface area contributed by atoms with Crippen molar-refractivity contribution in [3.63, 3.8) is 0 Å². The van der Waals surface area contributed by atoms with E-state index < -0.39 is 17.8 Å². The van der Waals surface area contributed by atoms with Gasteiger partial charge in [-0.1, -0.05) is 12.1 Å². The van der Waals surface area contributed by atoms with Gasteiger partial charge in [0.05, 0.1) is 31.1 Å². The van der Waals surface area contributed by atoms with Crippen LogP contribution in [0.25, 0.3) is 11.4 Å². The third-order valence-electron chi connectivity index (χ3n) is 5.71. The van der Waals surface area contributed by atoms with Gasteiger partial charge in [-0.2, -0.15) is 0 Å². The molecule has 0 atom stereocenters. The van der Waals surface area contributed by atoms with Gasteiger partial charge in [-0.15, -0.1) is 0 Å². The van der Waals surface area contributed by atoms with E-state index in [0.29, 0.717) is 41.4 Å². The van der Waals surface area contributed by atoms with Crippen molar-refractivity contribution in [2.45, 2.75) is 33.4 Å². The number of hydrogen-bond acceptors (Lipinski definition) is 6. The first-order valence-corrected chi connectivity index (χ1v) is 11.7. The van der Waals surface area contributed by atoms with Crippen LogP contribution in [0.3, 0.4) is 0 Å². The van der Waals surface area contributed by atoms with Crippen LogP contribution in [0.15, 0.2) is 53.3 Å². The Morgan fingerprint density at radius 3 is 2.56 bits per heavy atom. The van der Waals surface area contributed by atoms with Crippen LogP contribution < -0.4 is 15.6 Å². The number of ether oxygens (including phenoxy) is 2. The Morgan fingerprint density at radius 1 is 1.08 bits per heavy atom. The molecule has 0 aliphatic carbocycles. The Labute approximate surface area is 207 Å². The minimum absolute atomic E-state index is 0.104. The van der Waals surface area contributed by atoms with Gasteiger partial charge in [0, 0.05) is 17.7 Å². The summed E-state index contributed by atoms with van der Waals surface area (Å²) in [4.78, 5) is 44.9. The third kappa shape index (κ3) is 5.37. The molecule has 188 valence electrons. The first-order chi connectivity index (χ1) is 17.4. The zero-order valence-corrected chi connectivity index (χ0v) is 20.1. The number of nitrogens with zero attached hydrogens (tertiary/aromatic N) is 3. The van der Waals surface area contributed by atoms with E-state index in [-0.39, 0.29) is 37.5 Å². The summed E-state index contributed by atoms with van der Waals surface area (Å²) in [5, 5.41) is 2.79. The molecule has 0 fully saturated rings. The third-order valence-corrected chi connectivity index (χ3v) is 5.71. The molecule has 10 heteroatoms. The summed E-state index contributed by atoms with van der Waals surface area (Å²) >= 11 is 0. The maximum absolute atomic E-state index is 13.6. The van der Waals surface area contributed by atoms with Gasteiger partial charge >= 0.3 is 6.09 Å². The van der Waals surface area contributed by atoms with Gasteiger partial charge in [0.2, 0.25) is 5.91 Å². The van der Waals surface area contributed by atoms with Crippen molar-refractivity contribution in [1.82, 2.24) is 14.5 Å². The van der Waals surface area contributed by atoms with Gasteiger partial charge in [0.25, 0.3) is 5.56 Å². The molecule has 0 saturated heterocycles. The van der Waals surface area contributed by atoms with Crippen LogP contribution in [0.5, 0.6) is 5.75 Å². The number of amides is 2. The molecule has 2 amide bonds. The Hall–Kier alpha value is -4.21. The van der Waals surface area contributed by atoms with Gasteiger partial charge in [0.1, 0.15) is 23.9 Å². The molecular formula is C26H27FN4O5. The number of halogens is 1. The van der Waals surface area contributed by atoms with Crippen molar-refractivity contribution in [1.29, 1.82) is 0 Å². The average molecular weight is 495 g/mol. The lowest BCUT2D eigenvalue weighted by Gasteiger charge is -2.28. The van der Waals surface area contributed by atoms with E-state index in [0.717, 1.165) is 0 Å². The second-order valence-corrected chi connectivity index (χ2v) is 8.11. The lowest BCUT2D eigenvalue weighted by Crippen LogP contribution is -2.42. The Morgan fingerprint density at radius 2 is 1.83 bits per heavy atom. The summed E-state index contributed by atoms with van der Waals surface area (Å²) in [5.74, 6) is -0.164. The molecule has 0 unspecified atom stereocenters. The minimum Gasteiger partial charge on any atom is -0.492 e. The molecule has 0 saturated carbocycles. The molecule has 36 heavy (non-hydrogen) atoms. The fraction of sp³-hybridized carbons (Fsp3) is 0.308. The molecule has 1 aliphatic heterocycles. The number of hydrogen-bond donors (Lipinski definition) is 1. The molecule has 0 spiro atoms. The smallest absolute Gasteiger partial charge is 0.410 e. The number of nitrogens with one attached hydrogen (secondary N) is 1. The predicted octanol–water partition coefficient (Wildman–Crippen LogP) is 3.60. The minimum atomic E-state index is -0.482. The summed E-state index contributed by atoms with van der Waals surface area (Å²) in [7, 11) is 0. The van der Waals surface area contributed by atoms with Crippen molar-refractivity contribution < 1.29 is 23.5 Å². The van der Waals surface area contributed by atoms with E-state index in [9.17, 15) is 18.8 Å². The number of rotatable bonds is 7. The second-order valence-electron chi connectivity index (χ2n) is 8.11. The van der Waals surface area contributed by atoms with E-state index in [1.54, 1.807) is 31.2 Å². The summed E-state index contributed by atoms with van der Waals surface area (Å²) in [6, 6.07) is 12.5. The molecule has 2 aromatic carbocycles. The van der Waals surface area contributed by atoms with E-state index in [1.807, 2.05) is 6.92 Å². The Kier molecular flexibility index (Phi) is 7.62. The Bertz CT molecular complexity index is 1320. The molecule has 1 N–H and O–H groups in total. The molecule has 4 rings (SSSR count). The Balaban J connectivity index is 1.70. The fourth-order valence-corrected chi connectivity index (χ4v) is 4.05. The number of anilines is 1. The maximum atomic E-state index is 13.6. The summed E-state index contributed by atoms with van der Waals surface area (Å²) in [6.45, 7) is 4.32. The van der Waals surface area contributed by atoms with Crippen LogP contribution in [-0.4, -0.2) is 46.2 Å². The van der Waals surface area contributed by atoms with Gasteiger partial charge in [-0.05, 0) is 56.7 Å². The first-order valence-electron chi connectivity index (χ1n) is 11.7. The summed E-state index contributed by atoms with van der Waals surface area (Å²) < 4.78 is 25.5. The molecule has 1 aliphatic rings. The molecule has 3 aromatic rings. The van der Waals surface area contributed by atoms with Crippen LogP contribution in [0.2, 0.25) is 0 Å². The maximum Gasteiger partial charge on any atom is 0.410 e. The standard InChI is InChI=1S/C26H27FN4O5/c1-3-35-22-8-6-5-7-20(22)28-23(32)16-31-24(17-9-11-18(27)12-10-17)29-21-15-30(26(34)36-4-2)14-13-19(21)25(31)33/h5-12H,3-4,13-16H2,1-2H3,(H,28,32). The second kappa shape index (κ2) is 11.0. The zero-order valence-electron chi connectivity index (χ0n) is 20.1. The zero-order chi connectivity index (χ0) is 25.7. The number of fused-ring (bicyclic) bond motifs is 1. The van der Waals surface area contributed by atoms with Crippen LogP contribution in [0, 0.1) is 5.82 Å². The van der Waals surface area contributed by atoms with E-state index >= 15 is 0 Å². The van der Waals surface area contributed by atoms with Crippen LogP contribution >= 0.6 is 0 Å².